The highest BCUT2D eigenvalue weighted by Crippen LogP contribution is 2.35. The van der Waals surface area contributed by atoms with Crippen LogP contribution in [0.3, 0.4) is 0 Å². The summed E-state index contributed by atoms with van der Waals surface area (Å²) >= 11 is 0. The summed E-state index contributed by atoms with van der Waals surface area (Å²) in [6, 6.07) is 16.5. The van der Waals surface area contributed by atoms with E-state index in [2.05, 4.69) is 44.4 Å². The number of fused-ring (bicyclic) bond motifs is 2. The summed E-state index contributed by atoms with van der Waals surface area (Å²) in [4.78, 5) is 21.5. The molecule has 0 spiro atoms. The molecule has 0 saturated heterocycles. The minimum absolute atomic E-state index is 0.359. The van der Waals surface area contributed by atoms with Crippen molar-refractivity contribution in [2.24, 2.45) is 0 Å². The van der Waals surface area contributed by atoms with E-state index in [1.807, 2.05) is 24.3 Å². The number of rotatable bonds is 6. The number of hydrogen-bond acceptors (Lipinski definition) is 4. The molecular formula is C23H27NO5S. The van der Waals surface area contributed by atoms with E-state index in [-0.39, 0.29) is 6.42 Å². The van der Waals surface area contributed by atoms with Crippen LogP contribution >= 0.6 is 0 Å². The van der Waals surface area contributed by atoms with Crippen LogP contribution in [0.5, 0.6) is 0 Å². The van der Waals surface area contributed by atoms with Crippen molar-refractivity contribution in [2.45, 2.75) is 29.9 Å². The maximum atomic E-state index is 12.7. The molecule has 1 aliphatic rings. The Hall–Kier alpha value is -2.77. The lowest BCUT2D eigenvalue weighted by molar-refractivity contribution is -0.857. The number of carbonyl (C=O) groups excluding carboxylic acids is 1. The van der Waals surface area contributed by atoms with Gasteiger partial charge in [0.15, 0.2) is 0 Å². The van der Waals surface area contributed by atoms with Crippen molar-refractivity contribution < 1.29 is 28.9 Å². The largest absolute Gasteiger partial charge is 0.550 e. The molecule has 30 heavy (non-hydrogen) atoms. The molecule has 0 fully saturated rings. The van der Waals surface area contributed by atoms with E-state index in [9.17, 15) is 18.9 Å². The van der Waals surface area contributed by atoms with Gasteiger partial charge in [-0.2, -0.15) is 0 Å². The van der Waals surface area contributed by atoms with Gasteiger partial charge >= 0.3 is 5.97 Å². The van der Waals surface area contributed by atoms with Gasteiger partial charge in [0.1, 0.15) is 0 Å². The predicted octanol–water partition coefficient (Wildman–Crippen LogP) is 0.875. The average Bonchev–Trinajstić information content (AvgIpc) is 2.82. The Morgan fingerprint density at radius 3 is 2.30 bits per heavy atom. The lowest BCUT2D eigenvalue weighted by Gasteiger charge is -2.12. The minimum atomic E-state index is -1.33. The lowest BCUT2D eigenvalue weighted by Crippen LogP contribution is -3.05. The van der Waals surface area contributed by atoms with Crippen molar-refractivity contribution >= 4 is 28.3 Å². The maximum absolute atomic E-state index is 12.7. The first-order valence-corrected chi connectivity index (χ1v) is 11.1. The maximum Gasteiger partial charge on any atom is 0.303 e. The molecule has 1 atom stereocenters. The van der Waals surface area contributed by atoms with Gasteiger partial charge in [0.2, 0.25) is 0 Å². The Kier molecular flexibility index (Phi) is 8.95. The molecule has 1 unspecified atom stereocenters. The molecule has 0 radical (unpaired) electrons. The molecule has 2 aromatic rings. The molecule has 0 bridgehead atoms. The molecule has 2 aromatic carbocycles. The molecule has 160 valence electrons. The molecule has 1 heterocycles. The first-order chi connectivity index (χ1) is 14.3. The van der Waals surface area contributed by atoms with Crippen LogP contribution in [0, 0.1) is 0 Å². The first kappa shape index (κ1) is 23.5. The fraction of sp³-hybridized carbons (Fsp3) is 0.304. The summed E-state index contributed by atoms with van der Waals surface area (Å²) in [5.41, 5.74) is 4.77. The van der Waals surface area contributed by atoms with Crippen LogP contribution in [-0.4, -0.2) is 41.9 Å². The molecule has 0 aliphatic carbocycles. The van der Waals surface area contributed by atoms with Crippen molar-refractivity contribution in [1.82, 2.24) is 0 Å². The zero-order valence-electron chi connectivity index (χ0n) is 17.2. The number of quaternary nitrogens is 1. The van der Waals surface area contributed by atoms with E-state index in [4.69, 9.17) is 5.11 Å². The van der Waals surface area contributed by atoms with Crippen LogP contribution in [0.15, 0.2) is 59.5 Å². The minimum Gasteiger partial charge on any atom is -0.550 e. The molecule has 2 N–H and O–H groups in total. The van der Waals surface area contributed by atoms with Crippen LogP contribution in [0.2, 0.25) is 0 Å². The van der Waals surface area contributed by atoms with E-state index in [1.165, 1.54) is 21.6 Å². The molecule has 7 heteroatoms. The van der Waals surface area contributed by atoms with E-state index in [0.717, 1.165) is 23.4 Å². The molecule has 0 aromatic heterocycles. The number of benzene rings is 2. The van der Waals surface area contributed by atoms with Gasteiger partial charge in [0.05, 0.1) is 43.6 Å². The molecular weight excluding hydrogens is 402 g/mol. The number of aliphatic carboxylic acids is 2. The number of carboxylic acid groups (broad SMARTS) is 2. The molecule has 6 nitrogen and oxygen atoms in total. The summed E-state index contributed by atoms with van der Waals surface area (Å²) in [5, 5.41) is 17.4. The summed E-state index contributed by atoms with van der Waals surface area (Å²) in [6.07, 6.45) is 2.57. The monoisotopic (exact) mass is 429 g/mol. The van der Waals surface area contributed by atoms with Crippen LogP contribution in [-0.2, 0) is 26.1 Å². The van der Waals surface area contributed by atoms with Gasteiger partial charge in [-0.1, -0.05) is 48.5 Å². The molecule has 1 aliphatic heterocycles. The Morgan fingerprint density at radius 1 is 1.07 bits per heavy atom. The van der Waals surface area contributed by atoms with Gasteiger partial charge in [0, 0.05) is 17.3 Å². The second-order valence-electron chi connectivity index (χ2n) is 7.27. The van der Waals surface area contributed by atoms with Gasteiger partial charge in [-0.05, 0) is 34.8 Å². The normalized spacial score (nSPS) is 16.1. The van der Waals surface area contributed by atoms with Crippen LogP contribution in [0.4, 0.5) is 0 Å². The summed E-state index contributed by atoms with van der Waals surface area (Å²) in [7, 11) is 3.36. The van der Waals surface area contributed by atoms with Crippen LogP contribution in [0.25, 0.3) is 5.57 Å². The van der Waals surface area contributed by atoms with E-state index >= 15 is 0 Å². The van der Waals surface area contributed by atoms with E-state index < -0.39 is 29.2 Å². The van der Waals surface area contributed by atoms with Gasteiger partial charge in [-0.25, -0.2) is 0 Å². The Bertz CT molecular complexity index is 938. The van der Waals surface area contributed by atoms with Crippen molar-refractivity contribution in [3.05, 3.63) is 71.3 Å². The smallest absolute Gasteiger partial charge is 0.303 e. The molecule has 3 rings (SSSR count). The first-order valence-electron chi connectivity index (χ1n) is 9.76. The number of nitrogens with one attached hydrogen (secondary N) is 1. The van der Waals surface area contributed by atoms with Crippen LogP contribution in [0.1, 0.15) is 36.0 Å². The third-order valence-corrected chi connectivity index (χ3v) is 5.97. The number of carbonyl (C=O) groups is 2. The average molecular weight is 430 g/mol. The second kappa shape index (κ2) is 11.4. The highest BCUT2D eigenvalue weighted by Gasteiger charge is 2.21. The Balaban J connectivity index is 0.000000343. The van der Waals surface area contributed by atoms with Crippen molar-refractivity contribution in [2.75, 3.05) is 20.6 Å². The standard InChI is InChI=1S/C19H21NOS.C4H6O4/c1-20(2)13-7-11-17-16-9-4-3-8-15(16)14-22(21)19-12-6-5-10-18(17)19;5-3(6)1-2-4(7)8/h3-6,8-12H,7,13-14H2,1-2H3;1-2H2,(H,5,6)(H,7,8)/b17-11-;. The van der Waals surface area contributed by atoms with Crippen molar-refractivity contribution in [1.29, 1.82) is 0 Å². The summed E-state index contributed by atoms with van der Waals surface area (Å²) in [6.45, 7) is 1.09. The van der Waals surface area contributed by atoms with Gasteiger partial charge in [0.25, 0.3) is 0 Å². The third kappa shape index (κ3) is 6.93. The van der Waals surface area contributed by atoms with Gasteiger partial charge in [-0.3, -0.25) is 9.00 Å². The summed E-state index contributed by atoms with van der Waals surface area (Å²) in [5.74, 6) is -1.84. The highest BCUT2D eigenvalue weighted by atomic mass is 32.2. The second-order valence-corrected chi connectivity index (χ2v) is 8.69. The topological polar surface area (TPSA) is 98.9 Å². The SMILES string of the molecule is C[NH+](C)CC/C=C1/c2ccccc2CS(=O)c2ccccc21.O=C([O-])CCC(=O)O. The number of hydrogen-bond donors (Lipinski definition) is 2. The van der Waals surface area contributed by atoms with Gasteiger partial charge < -0.3 is 19.9 Å². The molecule has 0 saturated carbocycles. The number of carboxylic acids is 2. The zero-order chi connectivity index (χ0) is 22.1. The summed E-state index contributed by atoms with van der Waals surface area (Å²) < 4.78 is 12.7. The predicted molar refractivity (Wildman–Crippen MR) is 114 cm³/mol. The van der Waals surface area contributed by atoms with E-state index in [1.54, 1.807) is 0 Å². The quantitative estimate of drug-likeness (QED) is 0.710. The fourth-order valence-electron chi connectivity index (χ4n) is 3.09. The lowest BCUT2D eigenvalue weighted by atomic mass is 9.93. The van der Waals surface area contributed by atoms with Crippen molar-refractivity contribution in [3.8, 4) is 0 Å². The zero-order valence-corrected chi connectivity index (χ0v) is 18.0. The van der Waals surface area contributed by atoms with Crippen LogP contribution < -0.4 is 10.0 Å². The third-order valence-electron chi connectivity index (χ3n) is 4.55. The Labute approximate surface area is 179 Å². The Morgan fingerprint density at radius 2 is 1.70 bits per heavy atom. The van der Waals surface area contributed by atoms with Gasteiger partial charge in [-0.15, -0.1) is 0 Å². The van der Waals surface area contributed by atoms with E-state index in [0.29, 0.717) is 5.75 Å². The highest BCUT2D eigenvalue weighted by molar-refractivity contribution is 7.84. The fourth-order valence-corrected chi connectivity index (χ4v) is 4.44. The van der Waals surface area contributed by atoms with Crippen molar-refractivity contribution in [3.63, 3.8) is 0 Å². The molecule has 0 amide bonds.